The van der Waals surface area contributed by atoms with Crippen LogP contribution in [-0.2, 0) is 0 Å². The van der Waals surface area contributed by atoms with Gasteiger partial charge in [0.1, 0.15) is 0 Å². The van der Waals surface area contributed by atoms with Crippen LogP contribution in [0.25, 0.3) is 0 Å². The van der Waals surface area contributed by atoms with Crippen molar-refractivity contribution in [3.05, 3.63) is 28.2 Å². The SMILES string of the molecule is Cc1ccc(NC(=O)N2CCCCC2)cc1Br. The minimum absolute atomic E-state index is 0.0143. The molecule has 1 aliphatic rings. The third-order valence-electron chi connectivity index (χ3n) is 3.07. The smallest absolute Gasteiger partial charge is 0.321 e. The van der Waals surface area contributed by atoms with E-state index in [1.165, 1.54) is 12.0 Å². The first-order valence-corrected chi connectivity index (χ1v) is 6.78. The number of carbonyl (C=O) groups excluding carboxylic acids is 1. The van der Waals surface area contributed by atoms with E-state index in [0.29, 0.717) is 0 Å². The van der Waals surface area contributed by atoms with Gasteiger partial charge in [0.05, 0.1) is 0 Å². The van der Waals surface area contributed by atoms with Gasteiger partial charge in [-0.1, -0.05) is 22.0 Å². The predicted octanol–water partition coefficient (Wildman–Crippen LogP) is 3.78. The fourth-order valence-electron chi connectivity index (χ4n) is 1.97. The van der Waals surface area contributed by atoms with Crippen molar-refractivity contribution < 1.29 is 4.79 Å². The number of anilines is 1. The molecule has 0 radical (unpaired) electrons. The van der Waals surface area contributed by atoms with Crippen molar-refractivity contribution in [3.63, 3.8) is 0 Å². The van der Waals surface area contributed by atoms with Gasteiger partial charge in [-0.2, -0.15) is 0 Å². The van der Waals surface area contributed by atoms with E-state index in [1.807, 2.05) is 30.0 Å². The molecule has 0 spiro atoms. The molecule has 1 fully saturated rings. The number of rotatable bonds is 1. The summed E-state index contributed by atoms with van der Waals surface area (Å²) in [5.74, 6) is 0. The molecule has 0 aromatic heterocycles. The molecule has 0 atom stereocenters. The Morgan fingerprint density at radius 1 is 1.29 bits per heavy atom. The number of carbonyl (C=O) groups is 1. The molecule has 1 heterocycles. The number of aryl methyl sites for hydroxylation is 1. The second kappa shape index (κ2) is 5.54. The van der Waals surface area contributed by atoms with Crippen LogP contribution in [-0.4, -0.2) is 24.0 Å². The van der Waals surface area contributed by atoms with E-state index in [-0.39, 0.29) is 6.03 Å². The summed E-state index contributed by atoms with van der Waals surface area (Å²) >= 11 is 3.47. The fourth-order valence-corrected chi connectivity index (χ4v) is 2.35. The Hall–Kier alpha value is -1.03. The summed E-state index contributed by atoms with van der Waals surface area (Å²) in [5, 5.41) is 2.94. The van der Waals surface area contributed by atoms with Gasteiger partial charge in [0.2, 0.25) is 0 Å². The number of amides is 2. The Bertz CT molecular complexity index is 414. The molecule has 1 aromatic rings. The topological polar surface area (TPSA) is 32.3 Å². The first-order valence-electron chi connectivity index (χ1n) is 5.99. The lowest BCUT2D eigenvalue weighted by atomic mass is 10.1. The molecule has 1 aromatic carbocycles. The Labute approximate surface area is 110 Å². The molecule has 2 amide bonds. The third-order valence-corrected chi connectivity index (χ3v) is 3.92. The molecule has 0 saturated carbocycles. The zero-order valence-electron chi connectivity index (χ0n) is 10.0. The maximum atomic E-state index is 12.0. The van der Waals surface area contributed by atoms with Gasteiger partial charge in [-0.3, -0.25) is 0 Å². The molecule has 4 heteroatoms. The number of urea groups is 1. The number of hydrogen-bond acceptors (Lipinski definition) is 1. The van der Waals surface area contributed by atoms with E-state index in [4.69, 9.17) is 0 Å². The van der Waals surface area contributed by atoms with Gasteiger partial charge < -0.3 is 10.2 Å². The highest BCUT2D eigenvalue weighted by molar-refractivity contribution is 9.10. The summed E-state index contributed by atoms with van der Waals surface area (Å²) in [6, 6.07) is 5.88. The van der Waals surface area contributed by atoms with E-state index in [1.54, 1.807) is 0 Å². The summed E-state index contributed by atoms with van der Waals surface area (Å²) in [6.45, 7) is 3.78. The third kappa shape index (κ3) is 3.22. The quantitative estimate of drug-likeness (QED) is 0.840. The van der Waals surface area contributed by atoms with E-state index in [0.717, 1.165) is 36.1 Å². The number of benzene rings is 1. The maximum absolute atomic E-state index is 12.0. The zero-order chi connectivity index (χ0) is 12.3. The number of likely N-dealkylation sites (tertiary alicyclic amines) is 1. The first kappa shape index (κ1) is 12.4. The summed E-state index contributed by atoms with van der Waals surface area (Å²) in [5.41, 5.74) is 2.01. The van der Waals surface area contributed by atoms with Crippen molar-refractivity contribution in [1.82, 2.24) is 4.90 Å². The van der Waals surface area contributed by atoms with E-state index in [2.05, 4.69) is 21.2 Å². The number of hydrogen-bond donors (Lipinski definition) is 1. The maximum Gasteiger partial charge on any atom is 0.321 e. The second-order valence-electron chi connectivity index (χ2n) is 4.44. The largest absolute Gasteiger partial charge is 0.325 e. The highest BCUT2D eigenvalue weighted by Crippen LogP contribution is 2.21. The Balaban J connectivity index is 1.99. The standard InChI is InChI=1S/C13H17BrN2O/c1-10-5-6-11(9-12(10)14)15-13(17)16-7-3-2-4-8-16/h5-6,9H,2-4,7-8H2,1H3,(H,15,17). The zero-order valence-corrected chi connectivity index (χ0v) is 11.6. The van der Waals surface area contributed by atoms with Crippen LogP contribution in [0.3, 0.4) is 0 Å². The van der Waals surface area contributed by atoms with Gasteiger partial charge in [-0.25, -0.2) is 4.79 Å². The first-order chi connectivity index (χ1) is 8.16. The number of nitrogens with zero attached hydrogens (tertiary/aromatic N) is 1. The summed E-state index contributed by atoms with van der Waals surface area (Å²) in [7, 11) is 0. The molecular formula is C13H17BrN2O. The van der Waals surface area contributed by atoms with Crippen LogP contribution < -0.4 is 5.32 Å². The highest BCUT2D eigenvalue weighted by Gasteiger charge is 2.16. The number of nitrogens with one attached hydrogen (secondary N) is 1. The number of halogens is 1. The molecule has 0 bridgehead atoms. The molecule has 17 heavy (non-hydrogen) atoms. The van der Waals surface area contributed by atoms with Crippen molar-refractivity contribution in [1.29, 1.82) is 0 Å². The molecule has 0 aliphatic carbocycles. The van der Waals surface area contributed by atoms with Gasteiger partial charge in [0, 0.05) is 23.2 Å². The Morgan fingerprint density at radius 2 is 2.00 bits per heavy atom. The Morgan fingerprint density at radius 3 is 2.65 bits per heavy atom. The normalized spacial score (nSPS) is 15.8. The molecule has 3 nitrogen and oxygen atoms in total. The second-order valence-corrected chi connectivity index (χ2v) is 5.30. The van der Waals surface area contributed by atoms with Crippen molar-refractivity contribution in [2.24, 2.45) is 0 Å². The molecular weight excluding hydrogens is 280 g/mol. The van der Waals surface area contributed by atoms with Crippen LogP contribution in [0.2, 0.25) is 0 Å². The molecule has 2 rings (SSSR count). The summed E-state index contributed by atoms with van der Waals surface area (Å²) < 4.78 is 1.02. The molecule has 1 saturated heterocycles. The van der Waals surface area contributed by atoms with E-state index < -0.39 is 0 Å². The van der Waals surface area contributed by atoms with Crippen LogP contribution in [0.1, 0.15) is 24.8 Å². The monoisotopic (exact) mass is 296 g/mol. The van der Waals surface area contributed by atoms with Gasteiger partial charge in [0.15, 0.2) is 0 Å². The van der Waals surface area contributed by atoms with Crippen LogP contribution in [0, 0.1) is 6.92 Å². The van der Waals surface area contributed by atoms with Crippen LogP contribution in [0.4, 0.5) is 10.5 Å². The molecule has 92 valence electrons. The van der Waals surface area contributed by atoms with Crippen LogP contribution in [0.5, 0.6) is 0 Å². The average Bonchev–Trinajstić information content (AvgIpc) is 2.35. The lowest BCUT2D eigenvalue weighted by Crippen LogP contribution is -2.38. The lowest BCUT2D eigenvalue weighted by molar-refractivity contribution is 0.200. The van der Waals surface area contributed by atoms with Crippen molar-refractivity contribution in [2.75, 3.05) is 18.4 Å². The molecule has 0 unspecified atom stereocenters. The molecule has 1 N–H and O–H groups in total. The van der Waals surface area contributed by atoms with Crippen LogP contribution in [0.15, 0.2) is 22.7 Å². The lowest BCUT2D eigenvalue weighted by Gasteiger charge is -2.26. The highest BCUT2D eigenvalue weighted by atomic mass is 79.9. The van der Waals surface area contributed by atoms with Gasteiger partial charge in [-0.05, 0) is 43.9 Å². The summed E-state index contributed by atoms with van der Waals surface area (Å²) in [6.07, 6.45) is 3.47. The van der Waals surface area contributed by atoms with Gasteiger partial charge in [-0.15, -0.1) is 0 Å². The van der Waals surface area contributed by atoms with E-state index in [9.17, 15) is 4.79 Å². The van der Waals surface area contributed by atoms with Gasteiger partial charge >= 0.3 is 6.03 Å². The fraction of sp³-hybridized carbons (Fsp3) is 0.462. The van der Waals surface area contributed by atoms with Gasteiger partial charge in [0.25, 0.3) is 0 Å². The van der Waals surface area contributed by atoms with Crippen molar-refractivity contribution in [3.8, 4) is 0 Å². The van der Waals surface area contributed by atoms with Crippen LogP contribution >= 0.6 is 15.9 Å². The van der Waals surface area contributed by atoms with E-state index >= 15 is 0 Å². The van der Waals surface area contributed by atoms with Crippen molar-refractivity contribution in [2.45, 2.75) is 26.2 Å². The minimum atomic E-state index is 0.0143. The molecule has 1 aliphatic heterocycles. The number of piperidine rings is 1. The average molecular weight is 297 g/mol. The van der Waals surface area contributed by atoms with Crippen molar-refractivity contribution >= 4 is 27.6 Å². The Kier molecular flexibility index (Phi) is 4.05. The summed E-state index contributed by atoms with van der Waals surface area (Å²) in [4.78, 5) is 13.8. The minimum Gasteiger partial charge on any atom is -0.325 e. The predicted molar refractivity (Wildman–Crippen MR) is 73.3 cm³/mol.